The van der Waals surface area contributed by atoms with Gasteiger partial charge in [0.15, 0.2) is 0 Å². The van der Waals surface area contributed by atoms with Gasteiger partial charge in [-0.3, -0.25) is 4.98 Å². The van der Waals surface area contributed by atoms with Gasteiger partial charge in [0.2, 0.25) is 0 Å². The molecule has 0 atom stereocenters. The molecule has 0 fully saturated rings. The number of pyridine rings is 1. The van der Waals surface area contributed by atoms with Crippen LogP contribution in [0.5, 0.6) is 0 Å². The van der Waals surface area contributed by atoms with Gasteiger partial charge in [0.25, 0.3) is 0 Å². The molecule has 0 aliphatic rings. The van der Waals surface area contributed by atoms with Crippen molar-refractivity contribution in [1.29, 1.82) is 0 Å². The molecule has 94 valence electrons. The Morgan fingerprint density at radius 2 is 1.74 bits per heavy atom. The highest BCUT2D eigenvalue weighted by molar-refractivity contribution is 7.98. The lowest BCUT2D eigenvalue weighted by Crippen LogP contribution is -1.87. The summed E-state index contributed by atoms with van der Waals surface area (Å²) in [6, 6.07) is 18.3. The Hall–Kier alpha value is -2.00. The largest absolute Gasteiger partial charge is 0.399 e. The van der Waals surface area contributed by atoms with Crippen LogP contribution in [0.4, 0.5) is 5.69 Å². The molecule has 0 saturated carbocycles. The number of hydrogen-bond acceptors (Lipinski definition) is 3. The summed E-state index contributed by atoms with van der Waals surface area (Å²) in [5.74, 6) is 0.937. The van der Waals surface area contributed by atoms with E-state index in [1.165, 1.54) is 15.8 Å². The Morgan fingerprint density at radius 1 is 0.947 bits per heavy atom. The zero-order valence-electron chi connectivity index (χ0n) is 10.4. The number of nitrogens with zero attached hydrogens (tertiary/aromatic N) is 1. The summed E-state index contributed by atoms with van der Waals surface area (Å²) in [5, 5.41) is 1.23. The Bertz CT molecular complexity index is 687. The van der Waals surface area contributed by atoms with Crippen molar-refractivity contribution >= 4 is 28.4 Å². The lowest BCUT2D eigenvalue weighted by atomic mass is 10.1. The molecule has 19 heavy (non-hydrogen) atoms. The normalized spacial score (nSPS) is 10.7. The van der Waals surface area contributed by atoms with Crippen molar-refractivity contribution in [1.82, 2.24) is 4.98 Å². The maximum Gasteiger partial charge on any atom is 0.0705 e. The first-order valence-electron chi connectivity index (χ1n) is 6.14. The van der Waals surface area contributed by atoms with Gasteiger partial charge < -0.3 is 5.73 Å². The van der Waals surface area contributed by atoms with Crippen LogP contribution in [-0.2, 0) is 5.75 Å². The first-order chi connectivity index (χ1) is 9.33. The molecule has 3 heteroatoms. The van der Waals surface area contributed by atoms with Crippen LogP contribution in [0, 0.1) is 0 Å². The van der Waals surface area contributed by atoms with E-state index in [0.717, 1.165) is 17.0 Å². The first kappa shape index (κ1) is 12.1. The molecule has 0 radical (unpaired) electrons. The van der Waals surface area contributed by atoms with Crippen molar-refractivity contribution in [3.63, 3.8) is 0 Å². The first-order valence-corrected chi connectivity index (χ1v) is 7.12. The number of thioether (sulfide) groups is 1. The molecule has 0 spiro atoms. The second-order valence-corrected chi connectivity index (χ2v) is 5.39. The maximum atomic E-state index is 5.69. The average molecular weight is 266 g/mol. The van der Waals surface area contributed by atoms with Crippen LogP contribution >= 0.6 is 11.8 Å². The topological polar surface area (TPSA) is 38.9 Å². The second-order valence-electron chi connectivity index (χ2n) is 4.34. The molecule has 2 N–H and O–H groups in total. The van der Waals surface area contributed by atoms with E-state index in [1.54, 1.807) is 0 Å². The van der Waals surface area contributed by atoms with Gasteiger partial charge in [0.05, 0.1) is 5.52 Å². The van der Waals surface area contributed by atoms with Gasteiger partial charge in [0.1, 0.15) is 0 Å². The van der Waals surface area contributed by atoms with E-state index >= 15 is 0 Å². The van der Waals surface area contributed by atoms with Crippen LogP contribution in [0.2, 0.25) is 0 Å². The predicted molar refractivity (Wildman–Crippen MR) is 82.2 cm³/mol. The molecule has 0 aliphatic heterocycles. The minimum absolute atomic E-state index is 0.804. The molecule has 2 nitrogen and oxygen atoms in total. The van der Waals surface area contributed by atoms with Crippen molar-refractivity contribution in [3.8, 4) is 0 Å². The Kier molecular flexibility index (Phi) is 3.38. The summed E-state index contributed by atoms with van der Waals surface area (Å²) in [5.41, 5.74) is 8.86. The number of rotatable bonds is 3. The molecule has 1 heterocycles. The van der Waals surface area contributed by atoms with E-state index < -0.39 is 0 Å². The Labute approximate surface area is 116 Å². The van der Waals surface area contributed by atoms with Gasteiger partial charge in [0, 0.05) is 27.9 Å². The molecular formula is C16H14N2S. The Morgan fingerprint density at radius 3 is 2.58 bits per heavy atom. The third kappa shape index (κ3) is 2.71. The highest BCUT2D eigenvalue weighted by Gasteiger charge is 2.02. The monoisotopic (exact) mass is 266 g/mol. The van der Waals surface area contributed by atoms with Gasteiger partial charge in [-0.1, -0.05) is 18.2 Å². The molecule has 3 rings (SSSR count). The van der Waals surface area contributed by atoms with E-state index in [1.807, 2.05) is 42.2 Å². The number of para-hydroxylation sites is 1. The fourth-order valence-corrected chi connectivity index (χ4v) is 2.91. The van der Waals surface area contributed by atoms with Crippen LogP contribution in [-0.4, -0.2) is 4.98 Å². The molecule has 3 aromatic rings. The van der Waals surface area contributed by atoms with Gasteiger partial charge >= 0.3 is 0 Å². The number of fused-ring (bicyclic) bond motifs is 1. The lowest BCUT2D eigenvalue weighted by molar-refractivity contribution is 1.34. The summed E-state index contributed by atoms with van der Waals surface area (Å²) >= 11 is 1.81. The second kappa shape index (κ2) is 5.33. The summed E-state index contributed by atoms with van der Waals surface area (Å²) in [6.07, 6.45) is 1.88. The van der Waals surface area contributed by atoms with Crippen LogP contribution in [0.25, 0.3) is 10.9 Å². The third-order valence-corrected chi connectivity index (χ3v) is 4.07. The molecule has 0 saturated heterocycles. The summed E-state index contributed by atoms with van der Waals surface area (Å²) in [7, 11) is 0. The van der Waals surface area contributed by atoms with Crippen molar-refractivity contribution in [2.24, 2.45) is 0 Å². The molecule has 0 bridgehead atoms. The number of nitrogens with two attached hydrogens (primary N) is 1. The summed E-state index contributed by atoms with van der Waals surface area (Å²) < 4.78 is 0. The van der Waals surface area contributed by atoms with E-state index in [0.29, 0.717) is 0 Å². The minimum atomic E-state index is 0.804. The number of aromatic nitrogens is 1. The molecule has 0 aliphatic carbocycles. The molecule has 2 aromatic carbocycles. The fourth-order valence-electron chi connectivity index (χ4n) is 2.01. The standard InChI is InChI=1S/C16H14N2S/c17-13-5-7-14(8-6-13)19-11-12-9-10-18-16-4-2-1-3-15(12)16/h1-10H,11,17H2. The van der Waals surface area contributed by atoms with Gasteiger partial charge in [-0.25, -0.2) is 0 Å². The van der Waals surface area contributed by atoms with Crippen LogP contribution in [0.15, 0.2) is 65.7 Å². The molecule has 1 aromatic heterocycles. The van der Waals surface area contributed by atoms with Gasteiger partial charge in [-0.15, -0.1) is 11.8 Å². The van der Waals surface area contributed by atoms with Gasteiger partial charge in [-0.2, -0.15) is 0 Å². The number of anilines is 1. The maximum absolute atomic E-state index is 5.69. The highest BCUT2D eigenvalue weighted by Crippen LogP contribution is 2.26. The lowest BCUT2D eigenvalue weighted by Gasteiger charge is -2.06. The van der Waals surface area contributed by atoms with Gasteiger partial charge in [-0.05, 0) is 42.0 Å². The summed E-state index contributed by atoms with van der Waals surface area (Å²) in [4.78, 5) is 5.61. The quantitative estimate of drug-likeness (QED) is 0.573. The van der Waals surface area contributed by atoms with E-state index in [9.17, 15) is 0 Å². The van der Waals surface area contributed by atoms with Crippen molar-refractivity contribution in [2.75, 3.05) is 5.73 Å². The smallest absolute Gasteiger partial charge is 0.0705 e. The Balaban J connectivity index is 1.84. The highest BCUT2D eigenvalue weighted by atomic mass is 32.2. The van der Waals surface area contributed by atoms with Crippen LogP contribution < -0.4 is 5.73 Å². The molecular weight excluding hydrogens is 252 g/mol. The minimum Gasteiger partial charge on any atom is -0.399 e. The molecule has 0 unspecified atom stereocenters. The predicted octanol–water partition coefficient (Wildman–Crippen LogP) is 4.11. The van der Waals surface area contributed by atoms with Crippen molar-refractivity contribution < 1.29 is 0 Å². The number of hydrogen-bond donors (Lipinski definition) is 1. The van der Waals surface area contributed by atoms with E-state index in [4.69, 9.17) is 5.73 Å². The zero-order valence-corrected chi connectivity index (χ0v) is 11.2. The SMILES string of the molecule is Nc1ccc(SCc2ccnc3ccccc23)cc1. The third-order valence-electron chi connectivity index (χ3n) is 3.01. The fraction of sp³-hybridized carbons (Fsp3) is 0.0625. The summed E-state index contributed by atoms with van der Waals surface area (Å²) in [6.45, 7) is 0. The van der Waals surface area contributed by atoms with E-state index in [2.05, 4.69) is 35.3 Å². The van der Waals surface area contributed by atoms with Crippen LogP contribution in [0.3, 0.4) is 0 Å². The number of benzene rings is 2. The number of nitrogen functional groups attached to an aromatic ring is 1. The van der Waals surface area contributed by atoms with Crippen molar-refractivity contribution in [2.45, 2.75) is 10.6 Å². The van der Waals surface area contributed by atoms with Crippen molar-refractivity contribution in [3.05, 3.63) is 66.4 Å². The average Bonchev–Trinajstić information content (AvgIpc) is 2.47. The van der Waals surface area contributed by atoms with Crippen LogP contribution in [0.1, 0.15) is 5.56 Å². The molecule has 0 amide bonds. The van der Waals surface area contributed by atoms with E-state index in [-0.39, 0.29) is 0 Å². The zero-order chi connectivity index (χ0) is 13.1.